The second-order valence-electron chi connectivity index (χ2n) is 3.70. The Bertz CT molecular complexity index is 580. The maximum atomic E-state index is 13.1. The second kappa shape index (κ2) is 4.95. The molecule has 0 spiro atoms. The summed E-state index contributed by atoms with van der Waals surface area (Å²) in [4.78, 5) is 10.5. The molecule has 1 N–H and O–H groups in total. The van der Waals surface area contributed by atoms with Gasteiger partial charge in [-0.3, -0.25) is 4.79 Å². The van der Waals surface area contributed by atoms with E-state index in [1.807, 2.05) is 0 Å². The number of carbonyl (C=O) groups is 1. The van der Waals surface area contributed by atoms with Crippen molar-refractivity contribution in [2.75, 3.05) is 0 Å². The van der Waals surface area contributed by atoms with Crippen LogP contribution in [-0.2, 0) is 11.2 Å². The van der Waals surface area contributed by atoms with Gasteiger partial charge in [0.2, 0.25) is 0 Å². The van der Waals surface area contributed by atoms with Crippen molar-refractivity contribution in [3.63, 3.8) is 0 Å². The van der Waals surface area contributed by atoms with E-state index in [1.165, 1.54) is 12.3 Å². The molecule has 2 rings (SSSR count). The third-order valence-corrected chi connectivity index (χ3v) is 2.43. The van der Waals surface area contributed by atoms with Crippen molar-refractivity contribution in [3.8, 4) is 11.3 Å². The number of aliphatic carboxylic acids is 1. The topological polar surface area (TPSA) is 63.3 Å². The molecule has 0 aliphatic carbocycles. The summed E-state index contributed by atoms with van der Waals surface area (Å²) in [6, 6.07) is 3.32. The van der Waals surface area contributed by atoms with Crippen molar-refractivity contribution < 1.29 is 23.2 Å². The third-order valence-electron chi connectivity index (χ3n) is 2.43. The van der Waals surface area contributed by atoms with Gasteiger partial charge in [-0.05, 0) is 24.6 Å². The van der Waals surface area contributed by atoms with E-state index in [4.69, 9.17) is 9.63 Å². The fourth-order valence-electron chi connectivity index (χ4n) is 1.56. The molecule has 6 heteroatoms. The molecule has 0 saturated carbocycles. The van der Waals surface area contributed by atoms with Crippen LogP contribution in [0.4, 0.5) is 8.78 Å². The molecular formula is C12H9F2NO3. The van der Waals surface area contributed by atoms with Gasteiger partial charge in [0.1, 0.15) is 0 Å². The maximum Gasteiger partial charge on any atom is 0.303 e. The van der Waals surface area contributed by atoms with E-state index in [1.54, 1.807) is 0 Å². The molecular weight excluding hydrogens is 244 g/mol. The Hall–Kier alpha value is -2.24. The summed E-state index contributed by atoms with van der Waals surface area (Å²) in [5.74, 6) is -2.64. The number of hydrogen-bond acceptors (Lipinski definition) is 3. The molecule has 0 radical (unpaired) electrons. The quantitative estimate of drug-likeness (QED) is 0.909. The van der Waals surface area contributed by atoms with Crippen LogP contribution >= 0.6 is 0 Å². The molecule has 0 atom stereocenters. The van der Waals surface area contributed by atoms with Crippen molar-refractivity contribution in [1.82, 2.24) is 5.16 Å². The highest BCUT2D eigenvalue weighted by atomic mass is 19.2. The predicted molar refractivity (Wildman–Crippen MR) is 57.8 cm³/mol. The number of aromatic nitrogens is 1. The zero-order valence-electron chi connectivity index (χ0n) is 9.19. The zero-order chi connectivity index (χ0) is 13.1. The van der Waals surface area contributed by atoms with Crippen molar-refractivity contribution in [3.05, 3.63) is 41.6 Å². The lowest BCUT2D eigenvalue weighted by atomic mass is 10.1. The molecule has 0 aliphatic heterocycles. The SMILES string of the molecule is O=C(O)CCc1cnoc1-c1ccc(F)c(F)c1. The summed E-state index contributed by atoms with van der Waals surface area (Å²) in [6.07, 6.45) is 1.50. The van der Waals surface area contributed by atoms with Crippen molar-refractivity contribution in [1.29, 1.82) is 0 Å². The van der Waals surface area contributed by atoms with Crippen LogP contribution in [0.15, 0.2) is 28.9 Å². The van der Waals surface area contributed by atoms with Crippen LogP contribution < -0.4 is 0 Å². The number of carboxylic acid groups (broad SMARTS) is 1. The van der Waals surface area contributed by atoms with Gasteiger partial charge in [-0.25, -0.2) is 8.78 Å². The van der Waals surface area contributed by atoms with Gasteiger partial charge < -0.3 is 9.63 Å². The summed E-state index contributed by atoms with van der Waals surface area (Å²) < 4.78 is 30.8. The molecule has 0 bridgehead atoms. The minimum Gasteiger partial charge on any atom is -0.481 e. The molecule has 2 aromatic rings. The molecule has 0 saturated heterocycles. The van der Waals surface area contributed by atoms with Crippen LogP contribution in [0.1, 0.15) is 12.0 Å². The summed E-state index contributed by atoms with van der Waals surface area (Å²) in [6.45, 7) is 0. The van der Waals surface area contributed by atoms with Crippen molar-refractivity contribution in [2.24, 2.45) is 0 Å². The van der Waals surface area contributed by atoms with E-state index >= 15 is 0 Å². The lowest BCUT2D eigenvalue weighted by molar-refractivity contribution is -0.136. The van der Waals surface area contributed by atoms with Crippen LogP contribution in [0.25, 0.3) is 11.3 Å². The van der Waals surface area contributed by atoms with Crippen molar-refractivity contribution >= 4 is 5.97 Å². The van der Waals surface area contributed by atoms with Crippen LogP contribution in [0.5, 0.6) is 0 Å². The maximum absolute atomic E-state index is 13.1. The van der Waals surface area contributed by atoms with Crippen molar-refractivity contribution in [2.45, 2.75) is 12.8 Å². The highest BCUT2D eigenvalue weighted by Crippen LogP contribution is 2.25. The second-order valence-corrected chi connectivity index (χ2v) is 3.70. The highest BCUT2D eigenvalue weighted by molar-refractivity contribution is 5.68. The first-order valence-corrected chi connectivity index (χ1v) is 5.18. The van der Waals surface area contributed by atoms with E-state index in [9.17, 15) is 13.6 Å². The molecule has 0 aliphatic rings. The lowest BCUT2D eigenvalue weighted by Gasteiger charge is -2.00. The Morgan fingerprint density at radius 3 is 2.78 bits per heavy atom. The molecule has 94 valence electrons. The number of aryl methyl sites for hydroxylation is 1. The minimum absolute atomic E-state index is 0.0854. The van der Waals surface area contributed by atoms with Gasteiger partial charge in [-0.2, -0.15) is 0 Å². The fourth-order valence-corrected chi connectivity index (χ4v) is 1.56. The average Bonchev–Trinajstić information content (AvgIpc) is 2.78. The smallest absolute Gasteiger partial charge is 0.303 e. The van der Waals surface area contributed by atoms with Crippen LogP contribution in [0.3, 0.4) is 0 Å². The predicted octanol–water partition coefficient (Wildman–Crippen LogP) is 2.64. The number of benzene rings is 1. The van der Waals surface area contributed by atoms with Gasteiger partial charge in [-0.1, -0.05) is 5.16 Å². The van der Waals surface area contributed by atoms with E-state index < -0.39 is 17.6 Å². The molecule has 1 aromatic heterocycles. The monoisotopic (exact) mass is 253 g/mol. The first-order chi connectivity index (χ1) is 8.58. The van der Waals surface area contributed by atoms with E-state index in [0.29, 0.717) is 11.1 Å². The Morgan fingerprint density at radius 1 is 1.33 bits per heavy atom. The molecule has 18 heavy (non-hydrogen) atoms. The zero-order valence-corrected chi connectivity index (χ0v) is 9.19. The number of nitrogens with zero attached hydrogens (tertiary/aromatic N) is 1. The van der Waals surface area contributed by atoms with Crippen LogP contribution in [0, 0.1) is 11.6 Å². The first-order valence-electron chi connectivity index (χ1n) is 5.18. The normalized spacial score (nSPS) is 10.6. The summed E-state index contributed by atoms with van der Waals surface area (Å²) in [5, 5.41) is 12.1. The van der Waals surface area contributed by atoms with E-state index in [-0.39, 0.29) is 18.6 Å². The number of halogens is 2. The molecule has 1 heterocycles. The minimum atomic E-state index is -0.993. The molecule has 1 aromatic carbocycles. The van der Waals surface area contributed by atoms with E-state index in [2.05, 4.69) is 5.16 Å². The molecule has 0 amide bonds. The first kappa shape index (κ1) is 12.2. The van der Waals surface area contributed by atoms with Crippen LogP contribution in [0.2, 0.25) is 0 Å². The van der Waals surface area contributed by atoms with Gasteiger partial charge >= 0.3 is 5.97 Å². The standard InChI is InChI=1S/C12H9F2NO3/c13-9-3-1-7(5-10(9)14)12-8(6-15-18-12)2-4-11(16)17/h1,3,5-6H,2,4H2,(H,16,17). The fraction of sp³-hybridized carbons (Fsp3) is 0.167. The summed E-state index contributed by atoms with van der Waals surface area (Å²) >= 11 is 0. The molecule has 0 unspecified atom stereocenters. The number of carboxylic acids is 1. The van der Waals surface area contributed by atoms with Gasteiger partial charge in [0.25, 0.3) is 0 Å². The Labute approximate surface area is 101 Å². The van der Waals surface area contributed by atoms with Gasteiger partial charge in [0, 0.05) is 17.5 Å². The third kappa shape index (κ3) is 2.53. The lowest BCUT2D eigenvalue weighted by Crippen LogP contribution is -1.97. The van der Waals surface area contributed by atoms with Gasteiger partial charge in [0.15, 0.2) is 17.4 Å². The van der Waals surface area contributed by atoms with Gasteiger partial charge in [-0.15, -0.1) is 0 Å². The van der Waals surface area contributed by atoms with Crippen LogP contribution in [-0.4, -0.2) is 16.2 Å². The largest absolute Gasteiger partial charge is 0.481 e. The summed E-state index contributed by atoms with van der Waals surface area (Å²) in [7, 11) is 0. The Balaban J connectivity index is 2.30. The average molecular weight is 253 g/mol. The number of hydrogen-bond donors (Lipinski definition) is 1. The summed E-state index contributed by atoms with van der Waals surface area (Å²) in [5.41, 5.74) is 0.871. The molecule has 4 nitrogen and oxygen atoms in total. The van der Waals surface area contributed by atoms with E-state index in [0.717, 1.165) is 12.1 Å². The highest BCUT2D eigenvalue weighted by Gasteiger charge is 2.14. The number of rotatable bonds is 4. The van der Waals surface area contributed by atoms with Gasteiger partial charge in [0.05, 0.1) is 6.20 Å². The molecule has 0 fully saturated rings. The Kier molecular flexibility index (Phi) is 3.36. The Morgan fingerprint density at radius 2 is 2.11 bits per heavy atom.